The Morgan fingerprint density at radius 2 is 1.79 bits per heavy atom. The molecule has 0 unspecified atom stereocenters. The molecule has 0 saturated carbocycles. The average molecular weight is 344 g/mol. The molecule has 0 fully saturated rings. The van der Waals surface area contributed by atoms with Crippen LogP contribution in [-0.4, -0.2) is 19.0 Å². The van der Waals surface area contributed by atoms with Gasteiger partial charge in [-0.25, -0.2) is 0 Å². The molecule has 1 heterocycles. The molecule has 2 nitrogen and oxygen atoms in total. The number of thiazole rings is 1. The molecule has 1 aromatic carbocycles. The second-order valence-corrected chi connectivity index (χ2v) is 7.60. The molecule has 0 N–H and O–H groups in total. The van der Waals surface area contributed by atoms with Gasteiger partial charge in [-0.05, 0) is 18.1 Å². The normalized spacial score (nSPS) is 11.8. The van der Waals surface area contributed by atoms with Crippen LogP contribution in [0.15, 0.2) is 35.7 Å². The molecule has 130 valence electrons. The van der Waals surface area contributed by atoms with Crippen molar-refractivity contribution in [1.82, 2.24) is 4.90 Å². The van der Waals surface area contributed by atoms with Crippen LogP contribution < -0.4 is 4.57 Å². The van der Waals surface area contributed by atoms with Gasteiger partial charge in [-0.1, -0.05) is 67.9 Å². The highest BCUT2D eigenvalue weighted by atomic mass is 32.1. The Bertz CT molecular complexity index is 641. The van der Waals surface area contributed by atoms with Gasteiger partial charge in [0.15, 0.2) is 0 Å². The quantitative estimate of drug-likeness (QED) is 0.438. The van der Waals surface area contributed by atoms with Crippen molar-refractivity contribution in [2.45, 2.75) is 52.5 Å². The molecule has 1 aromatic heterocycles. The van der Waals surface area contributed by atoms with Crippen molar-refractivity contribution in [1.29, 1.82) is 0 Å². The zero-order chi connectivity index (χ0) is 17.4. The smallest absolute Gasteiger partial charge is 0.239 e. The Labute approximate surface area is 151 Å². The first-order valence-corrected chi connectivity index (χ1v) is 9.93. The van der Waals surface area contributed by atoms with Gasteiger partial charge in [0.25, 0.3) is 0 Å². The molecule has 0 bridgehead atoms. The van der Waals surface area contributed by atoms with Gasteiger partial charge >= 0.3 is 0 Å². The maximum atomic E-state index is 2.49. The third-order valence-corrected chi connectivity index (χ3v) is 5.25. The maximum Gasteiger partial charge on any atom is 0.239 e. The Kier molecular flexibility index (Phi) is 7.51. The molecule has 0 spiro atoms. The SMILES string of the molecule is CCCCCCC[n+]1c(C(=Cc2ccccc2)N(C)C)csc1C. The lowest BCUT2D eigenvalue weighted by Crippen LogP contribution is -2.39. The first kappa shape index (κ1) is 18.7. The van der Waals surface area contributed by atoms with Crippen LogP contribution in [-0.2, 0) is 6.54 Å². The molecule has 0 atom stereocenters. The Morgan fingerprint density at radius 3 is 2.46 bits per heavy atom. The minimum atomic E-state index is 1.12. The van der Waals surface area contributed by atoms with Gasteiger partial charge in [0.1, 0.15) is 12.2 Å². The van der Waals surface area contributed by atoms with Crippen LogP contribution in [0.5, 0.6) is 0 Å². The van der Waals surface area contributed by atoms with Gasteiger partial charge in [0.05, 0.1) is 5.38 Å². The van der Waals surface area contributed by atoms with Gasteiger partial charge in [0, 0.05) is 27.4 Å². The Hall–Kier alpha value is -1.61. The lowest BCUT2D eigenvalue weighted by atomic mass is 10.1. The van der Waals surface area contributed by atoms with Crippen LogP contribution in [0.25, 0.3) is 11.8 Å². The van der Waals surface area contributed by atoms with E-state index >= 15 is 0 Å². The van der Waals surface area contributed by atoms with E-state index in [2.05, 4.69) is 79.2 Å². The highest BCUT2D eigenvalue weighted by Crippen LogP contribution is 2.21. The first-order chi connectivity index (χ1) is 11.6. The van der Waals surface area contributed by atoms with Crippen molar-refractivity contribution in [2.24, 2.45) is 0 Å². The number of aromatic nitrogens is 1. The number of rotatable bonds is 9. The average Bonchev–Trinajstić information content (AvgIpc) is 2.94. The van der Waals surface area contributed by atoms with Crippen LogP contribution in [0.1, 0.15) is 55.3 Å². The fourth-order valence-electron chi connectivity index (χ4n) is 2.93. The Balaban J connectivity index is 2.20. The zero-order valence-corrected chi connectivity index (χ0v) is 16.4. The molecule has 2 aromatic rings. The summed E-state index contributed by atoms with van der Waals surface area (Å²) in [5.41, 5.74) is 3.86. The lowest BCUT2D eigenvalue weighted by molar-refractivity contribution is -0.700. The summed E-state index contributed by atoms with van der Waals surface area (Å²) >= 11 is 1.85. The summed E-state index contributed by atoms with van der Waals surface area (Å²) in [6.07, 6.45) is 8.90. The van der Waals surface area contributed by atoms with Crippen LogP contribution >= 0.6 is 11.3 Å². The van der Waals surface area contributed by atoms with Crippen molar-refractivity contribution >= 4 is 23.1 Å². The van der Waals surface area contributed by atoms with E-state index in [4.69, 9.17) is 0 Å². The van der Waals surface area contributed by atoms with Crippen molar-refractivity contribution < 1.29 is 4.57 Å². The van der Waals surface area contributed by atoms with Gasteiger partial charge in [-0.3, -0.25) is 0 Å². The predicted molar refractivity (Wildman–Crippen MR) is 106 cm³/mol. The second-order valence-electron chi connectivity index (χ2n) is 6.54. The molecule has 0 aliphatic carbocycles. The summed E-state index contributed by atoms with van der Waals surface area (Å²) < 4.78 is 2.49. The summed E-state index contributed by atoms with van der Waals surface area (Å²) in [5, 5.41) is 3.69. The number of hydrogen-bond acceptors (Lipinski definition) is 2. The third-order valence-electron chi connectivity index (χ3n) is 4.34. The fraction of sp³-hybridized carbons (Fsp3) is 0.476. The van der Waals surface area contributed by atoms with Gasteiger partial charge in [-0.2, -0.15) is 4.57 Å². The van der Waals surface area contributed by atoms with Crippen molar-refractivity contribution in [3.8, 4) is 0 Å². The number of unbranched alkanes of at least 4 members (excludes halogenated alkanes) is 4. The number of aryl methyl sites for hydroxylation is 1. The molecule has 3 heteroatoms. The molecule has 0 saturated heterocycles. The van der Waals surface area contributed by atoms with E-state index in [-0.39, 0.29) is 0 Å². The van der Waals surface area contributed by atoms with E-state index in [9.17, 15) is 0 Å². The summed E-state index contributed by atoms with van der Waals surface area (Å²) in [6.45, 7) is 5.62. The van der Waals surface area contributed by atoms with Crippen LogP contribution in [0.4, 0.5) is 0 Å². The molecule has 0 aliphatic heterocycles. The summed E-state index contributed by atoms with van der Waals surface area (Å²) in [5.74, 6) is 0. The first-order valence-electron chi connectivity index (χ1n) is 9.06. The van der Waals surface area contributed by atoms with E-state index in [0.29, 0.717) is 0 Å². The topological polar surface area (TPSA) is 7.12 Å². The molecular weight excluding hydrogens is 312 g/mol. The molecule has 2 rings (SSSR count). The van der Waals surface area contributed by atoms with Gasteiger partial charge < -0.3 is 4.90 Å². The molecule has 0 radical (unpaired) electrons. The van der Waals surface area contributed by atoms with Crippen molar-refractivity contribution in [3.63, 3.8) is 0 Å². The van der Waals surface area contributed by atoms with E-state index in [1.54, 1.807) is 0 Å². The number of hydrogen-bond donors (Lipinski definition) is 0. The standard InChI is InChI=1S/C21H31N2S/c1-5-6-7-8-12-15-23-18(2)24-17-21(23)20(22(3)4)16-19-13-10-9-11-14-19/h9-11,13-14,16-17H,5-8,12,15H2,1-4H3/q+1. The van der Waals surface area contributed by atoms with Crippen LogP contribution in [0, 0.1) is 6.92 Å². The van der Waals surface area contributed by atoms with E-state index in [0.717, 1.165) is 6.54 Å². The molecule has 24 heavy (non-hydrogen) atoms. The van der Waals surface area contributed by atoms with Crippen molar-refractivity contribution in [2.75, 3.05) is 14.1 Å². The minimum absolute atomic E-state index is 1.12. The highest BCUT2D eigenvalue weighted by molar-refractivity contribution is 7.09. The summed E-state index contributed by atoms with van der Waals surface area (Å²) in [4.78, 5) is 2.22. The predicted octanol–water partition coefficient (Wildman–Crippen LogP) is 5.37. The number of benzene rings is 1. The second kappa shape index (κ2) is 9.63. The van der Waals surface area contributed by atoms with Crippen LogP contribution in [0.3, 0.4) is 0 Å². The van der Waals surface area contributed by atoms with Crippen molar-refractivity contribution in [3.05, 3.63) is 52.0 Å². The summed E-state index contributed by atoms with van der Waals surface area (Å²) in [6, 6.07) is 10.6. The fourth-order valence-corrected chi connectivity index (χ4v) is 3.77. The van der Waals surface area contributed by atoms with Gasteiger partial charge in [0.2, 0.25) is 10.7 Å². The largest absolute Gasteiger partial charge is 0.372 e. The van der Waals surface area contributed by atoms with E-state index in [1.807, 2.05) is 11.3 Å². The molecule has 0 aliphatic rings. The maximum absolute atomic E-state index is 2.49. The van der Waals surface area contributed by atoms with E-state index in [1.165, 1.54) is 54.1 Å². The third kappa shape index (κ3) is 5.20. The van der Waals surface area contributed by atoms with Crippen LogP contribution in [0.2, 0.25) is 0 Å². The summed E-state index contributed by atoms with van der Waals surface area (Å²) in [7, 11) is 4.26. The monoisotopic (exact) mass is 343 g/mol. The lowest BCUT2D eigenvalue weighted by Gasteiger charge is -2.15. The van der Waals surface area contributed by atoms with E-state index < -0.39 is 0 Å². The Morgan fingerprint density at radius 1 is 1.08 bits per heavy atom. The molecular formula is C21H31N2S+. The highest BCUT2D eigenvalue weighted by Gasteiger charge is 2.21. The minimum Gasteiger partial charge on any atom is -0.372 e. The van der Waals surface area contributed by atoms with Gasteiger partial charge in [-0.15, -0.1) is 0 Å². The molecule has 0 amide bonds. The number of nitrogens with zero attached hydrogens (tertiary/aromatic N) is 2. The zero-order valence-electron chi connectivity index (χ0n) is 15.6.